The highest BCUT2D eigenvalue weighted by molar-refractivity contribution is 5.94. The fourth-order valence-corrected chi connectivity index (χ4v) is 6.33. The molecule has 3 aliphatic rings. The van der Waals surface area contributed by atoms with E-state index in [4.69, 9.17) is 20.9 Å². The number of halogens is 1. The summed E-state index contributed by atoms with van der Waals surface area (Å²) in [6, 6.07) is 3.02. The summed E-state index contributed by atoms with van der Waals surface area (Å²) in [6.45, 7) is 3.43. The lowest BCUT2D eigenvalue weighted by molar-refractivity contribution is -0.172. The van der Waals surface area contributed by atoms with Gasteiger partial charge in [-0.05, 0) is 48.9 Å². The van der Waals surface area contributed by atoms with Crippen LogP contribution in [0.2, 0.25) is 0 Å². The van der Waals surface area contributed by atoms with E-state index in [9.17, 15) is 19.8 Å². The van der Waals surface area contributed by atoms with E-state index in [0.717, 1.165) is 22.1 Å². The van der Waals surface area contributed by atoms with E-state index in [0.29, 0.717) is 35.3 Å². The summed E-state index contributed by atoms with van der Waals surface area (Å²) < 4.78 is 27.5. The number of ether oxygens (including phenoxy) is 2. The molecule has 1 unspecified atom stereocenters. The molecule has 2 N–H and O–H groups in total. The van der Waals surface area contributed by atoms with Crippen LogP contribution in [0.25, 0.3) is 22.3 Å². The van der Waals surface area contributed by atoms with Crippen molar-refractivity contribution in [2.75, 3.05) is 19.8 Å². The zero-order chi connectivity index (χ0) is 27.0. The number of rotatable bonds is 5. The largest absolute Gasteiger partial charge is 0.458 e. The first-order valence-corrected chi connectivity index (χ1v) is 12.7. The average Bonchev–Trinajstić information content (AvgIpc) is 3.28. The highest BCUT2D eigenvalue weighted by Crippen LogP contribution is 2.48. The lowest BCUT2D eigenvalue weighted by Crippen LogP contribution is -2.44. The zero-order valence-electron chi connectivity index (χ0n) is 21.2. The molecule has 9 heteroatoms. The summed E-state index contributed by atoms with van der Waals surface area (Å²) in [5, 5.41) is 21.2. The maximum absolute atomic E-state index is 15.0. The van der Waals surface area contributed by atoms with Crippen LogP contribution in [-0.2, 0) is 44.9 Å². The molecule has 196 valence electrons. The van der Waals surface area contributed by atoms with Crippen LogP contribution in [0.3, 0.4) is 0 Å². The van der Waals surface area contributed by atoms with Gasteiger partial charge in [0.25, 0.3) is 5.56 Å². The minimum atomic E-state index is -1.95. The quantitative estimate of drug-likeness (QED) is 0.237. The highest BCUT2D eigenvalue weighted by Gasteiger charge is 2.47. The second-order valence-corrected chi connectivity index (χ2v) is 10.3. The predicted molar refractivity (Wildman–Crippen MR) is 136 cm³/mol. The van der Waals surface area contributed by atoms with Gasteiger partial charge in [-0.25, -0.2) is 14.2 Å². The number of hydrogen-bond acceptors (Lipinski definition) is 7. The molecule has 2 atom stereocenters. The van der Waals surface area contributed by atoms with E-state index in [1.807, 2.05) is 0 Å². The molecule has 0 spiro atoms. The molecule has 1 aromatic carbocycles. The number of aliphatic hydroxyl groups is 2. The summed E-state index contributed by atoms with van der Waals surface area (Å²) in [6.07, 6.45) is 7.23. The van der Waals surface area contributed by atoms with Crippen molar-refractivity contribution in [2.45, 2.75) is 57.3 Å². The van der Waals surface area contributed by atoms with Gasteiger partial charge in [-0.3, -0.25) is 4.79 Å². The molecule has 1 aliphatic carbocycles. The Morgan fingerprint density at radius 3 is 2.79 bits per heavy atom. The van der Waals surface area contributed by atoms with Gasteiger partial charge in [-0.15, -0.1) is 6.42 Å². The number of benzene rings is 1. The van der Waals surface area contributed by atoms with Crippen molar-refractivity contribution >= 4 is 16.9 Å². The molecule has 0 saturated heterocycles. The monoisotopic (exact) mass is 518 g/mol. The Morgan fingerprint density at radius 1 is 1.29 bits per heavy atom. The highest BCUT2D eigenvalue weighted by atomic mass is 19.1. The fourth-order valence-electron chi connectivity index (χ4n) is 6.33. The minimum absolute atomic E-state index is 0.0290. The first kappa shape index (κ1) is 24.7. The molecule has 38 heavy (non-hydrogen) atoms. The molecular weight excluding hydrogens is 491 g/mol. The lowest BCUT2D eigenvalue weighted by atomic mass is 9.68. The van der Waals surface area contributed by atoms with Gasteiger partial charge in [0, 0.05) is 22.6 Å². The van der Waals surface area contributed by atoms with Crippen LogP contribution in [0.1, 0.15) is 53.1 Å². The zero-order valence-corrected chi connectivity index (χ0v) is 21.2. The second-order valence-electron chi connectivity index (χ2n) is 10.3. The number of aromatic nitrogens is 2. The van der Waals surface area contributed by atoms with Crippen LogP contribution in [0, 0.1) is 25.1 Å². The van der Waals surface area contributed by atoms with Crippen LogP contribution in [0.4, 0.5) is 4.39 Å². The maximum atomic E-state index is 15.0. The van der Waals surface area contributed by atoms with E-state index in [-0.39, 0.29) is 61.9 Å². The van der Waals surface area contributed by atoms with Crippen molar-refractivity contribution in [3.63, 3.8) is 0 Å². The third kappa shape index (κ3) is 3.11. The number of hydrogen-bond donors (Lipinski definition) is 2. The molecule has 4 heterocycles. The number of pyridine rings is 2. The summed E-state index contributed by atoms with van der Waals surface area (Å²) in [4.78, 5) is 31.0. The molecule has 0 amide bonds. The molecule has 0 bridgehead atoms. The summed E-state index contributed by atoms with van der Waals surface area (Å²) >= 11 is 0. The van der Waals surface area contributed by atoms with Crippen molar-refractivity contribution in [2.24, 2.45) is 0 Å². The van der Waals surface area contributed by atoms with E-state index >= 15 is 4.39 Å². The number of carbonyl (C=O) groups excluding carboxylic acids is 1. The standard InChI is InChI=1S/C29H27FN2O6/c1-4-28(14-37-9-8-33)7-6-16-15(3)20(30)11-21-23(16)24(28)17-12-32-22(25(17)31-21)10-19-18(26(32)34)13-38-27(35)29(19,36)5-2/h1,10-11,33,36H,5-9,12-14H2,2-3H3/t28?,29-/m0/s1. The normalized spacial score (nSPS) is 23.0. The van der Waals surface area contributed by atoms with Crippen LogP contribution >= 0.6 is 0 Å². The molecule has 0 fully saturated rings. The molecular formula is C29H27FN2O6. The van der Waals surface area contributed by atoms with Gasteiger partial charge in [0.15, 0.2) is 5.60 Å². The molecule has 6 rings (SSSR count). The van der Waals surface area contributed by atoms with Gasteiger partial charge in [0.05, 0.1) is 54.2 Å². The smallest absolute Gasteiger partial charge is 0.343 e. The number of fused-ring (bicyclic) bond motifs is 5. The molecule has 2 aliphatic heterocycles. The van der Waals surface area contributed by atoms with Crippen molar-refractivity contribution in [3.8, 4) is 23.7 Å². The number of carbonyl (C=O) groups is 1. The maximum Gasteiger partial charge on any atom is 0.343 e. The lowest BCUT2D eigenvalue weighted by Gasteiger charge is -2.36. The van der Waals surface area contributed by atoms with E-state index < -0.39 is 17.0 Å². The molecule has 2 aromatic heterocycles. The third-order valence-electron chi connectivity index (χ3n) is 8.44. The van der Waals surface area contributed by atoms with Crippen LogP contribution in [-0.4, -0.2) is 45.6 Å². The number of cyclic esters (lactones) is 1. The topological polar surface area (TPSA) is 111 Å². The fraction of sp³-hybridized carbons (Fsp3) is 0.414. The SMILES string of the molecule is C#CC1(COCCO)CCc2c(C)c(F)cc3nc4c(c1c23)Cn1c-4cc2c(c1=O)COC(=O)[C@]2(O)CC. The van der Waals surface area contributed by atoms with Gasteiger partial charge < -0.3 is 24.3 Å². The number of aliphatic hydroxyl groups excluding tert-OH is 1. The van der Waals surface area contributed by atoms with Gasteiger partial charge >= 0.3 is 5.97 Å². The minimum Gasteiger partial charge on any atom is -0.458 e. The van der Waals surface area contributed by atoms with Crippen molar-refractivity contribution < 1.29 is 28.9 Å². The van der Waals surface area contributed by atoms with E-state index in [1.165, 1.54) is 6.07 Å². The Kier molecular flexibility index (Phi) is 5.51. The number of esters is 1. The summed E-state index contributed by atoms with van der Waals surface area (Å²) in [5.74, 6) is 1.77. The first-order chi connectivity index (χ1) is 18.2. The van der Waals surface area contributed by atoms with Crippen LogP contribution < -0.4 is 5.56 Å². The van der Waals surface area contributed by atoms with Crippen molar-refractivity contribution in [3.05, 3.63) is 61.7 Å². The van der Waals surface area contributed by atoms with Crippen molar-refractivity contribution in [1.29, 1.82) is 0 Å². The Balaban J connectivity index is 1.68. The Morgan fingerprint density at radius 2 is 2.08 bits per heavy atom. The summed E-state index contributed by atoms with van der Waals surface area (Å²) in [7, 11) is 0. The van der Waals surface area contributed by atoms with Crippen molar-refractivity contribution in [1.82, 2.24) is 9.55 Å². The second kappa shape index (κ2) is 8.46. The number of terminal acetylenes is 1. The van der Waals surface area contributed by atoms with Gasteiger partial charge in [0.2, 0.25) is 0 Å². The van der Waals surface area contributed by atoms with Crippen LogP contribution in [0.5, 0.6) is 0 Å². The van der Waals surface area contributed by atoms with E-state index in [2.05, 4.69) is 5.92 Å². The first-order valence-electron chi connectivity index (χ1n) is 12.7. The number of aryl methyl sites for hydroxylation is 1. The molecule has 0 saturated carbocycles. The Bertz CT molecular complexity index is 1650. The predicted octanol–water partition coefficient (Wildman–Crippen LogP) is 2.35. The molecule has 8 nitrogen and oxygen atoms in total. The van der Waals surface area contributed by atoms with Gasteiger partial charge in [0.1, 0.15) is 12.4 Å². The average molecular weight is 519 g/mol. The third-order valence-corrected chi connectivity index (χ3v) is 8.44. The Labute approximate surface area is 218 Å². The van der Waals surface area contributed by atoms with Gasteiger partial charge in [-0.1, -0.05) is 12.8 Å². The summed E-state index contributed by atoms with van der Waals surface area (Å²) in [5.41, 5.74) is 1.41. The van der Waals surface area contributed by atoms with Crippen LogP contribution in [0.15, 0.2) is 16.9 Å². The van der Waals surface area contributed by atoms with E-state index in [1.54, 1.807) is 24.5 Å². The Hall–Kier alpha value is -3.58. The molecule has 3 aromatic rings. The molecule has 0 radical (unpaired) electrons. The van der Waals surface area contributed by atoms with Gasteiger partial charge in [-0.2, -0.15) is 0 Å². The number of nitrogens with zero attached hydrogens (tertiary/aromatic N) is 2.